The molecule has 0 spiro atoms. The Morgan fingerprint density at radius 1 is 1.00 bits per heavy atom. The minimum absolute atomic E-state index is 0.133. The van der Waals surface area contributed by atoms with Crippen molar-refractivity contribution in [2.24, 2.45) is 7.05 Å². The third-order valence-corrected chi connectivity index (χ3v) is 6.20. The van der Waals surface area contributed by atoms with Crippen LogP contribution in [0.1, 0.15) is 37.5 Å². The minimum Gasteiger partial charge on any atom is -0.336 e. The number of H-pyrrole nitrogens is 1. The summed E-state index contributed by atoms with van der Waals surface area (Å²) in [5, 5.41) is 7.56. The fourth-order valence-corrected chi connectivity index (χ4v) is 4.15. The normalized spacial score (nSPS) is 11.9. The van der Waals surface area contributed by atoms with Gasteiger partial charge in [0.15, 0.2) is 5.65 Å². The van der Waals surface area contributed by atoms with E-state index in [1.165, 1.54) is 11.1 Å². The molecule has 0 saturated heterocycles. The highest BCUT2D eigenvalue weighted by atomic mass is 19.1. The van der Waals surface area contributed by atoms with E-state index < -0.39 is 0 Å². The van der Waals surface area contributed by atoms with Gasteiger partial charge in [-0.05, 0) is 34.2 Å². The molecule has 0 aliphatic heterocycles. The lowest BCUT2D eigenvalue weighted by molar-refractivity contribution is 0.585. The first-order chi connectivity index (χ1) is 16.8. The third kappa shape index (κ3) is 4.86. The lowest BCUT2D eigenvalue weighted by atomic mass is 9.87. The van der Waals surface area contributed by atoms with E-state index in [9.17, 15) is 0 Å². The minimum atomic E-state index is -0.241. The molecule has 35 heavy (non-hydrogen) atoms. The van der Waals surface area contributed by atoms with Crippen LogP contribution in [0.2, 0.25) is 0 Å². The van der Waals surface area contributed by atoms with E-state index in [1.54, 1.807) is 23.1 Å². The molecule has 3 aromatic heterocycles. The highest BCUT2D eigenvalue weighted by molar-refractivity contribution is 5.91. The van der Waals surface area contributed by atoms with Gasteiger partial charge in [0.1, 0.15) is 11.6 Å². The zero-order valence-electron chi connectivity index (χ0n) is 20.4. The van der Waals surface area contributed by atoms with Crippen molar-refractivity contribution < 1.29 is 4.39 Å². The highest BCUT2D eigenvalue weighted by Crippen LogP contribution is 2.29. The summed E-state index contributed by atoms with van der Waals surface area (Å²) in [6, 6.07) is 15.8. The zero-order valence-corrected chi connectivity index (χ0v) is 20.4. The van der Waals surface area contributed by atoms with E-state index in [2.05, 4.69) is 70.4 Å². The SMILES string of the molecule is Cn1cc(-c2nc3nccc(-c4ccc(CNCc5ccc(C(C)(C)C)cc5)c(F)c4)c3[nH]2)cn1. The number of aryl methyl sites for hydroxylation is 1. The summed E-state index contributed by atoms with van der Waals surface area (Å²) in [5.41, 5.74) is 7.11. The van der Waals surface area contributed by atoms with Crippen LogP contribution in [0, 0.1) is 5.82 Å². The van der Waals surface area contributed by atoms with Gasteiger partial charge in [-0.1, -0.05) is 57.2 Å². The number of fused-ring (bicyclic) bond motifs is 1. The Hall–Kier alpha value is -3.84. The van der Waals surface area contributed by atoms with E-state index in [4.69, 9.17) is 0 Å². The number of nitrogens with zero attached hydrogens (tertiary/aromatic N) is 4. The highest BCUT2D eigenvalue weighted by Gasteiger charge is 2.15. The summed E-state index contributed by atoms with van der Waals surface area (Å²) in [6.07, 6.45) is 5.33. The number of aromatic nitrogens is 5. The van der Waals surface area contributed by atoms with Crippen LogP contribution in [-0.4, -0.2) is 24.7 Å². The number of pyridine rings is 1. The second-order valence-corrected chi connectivity index (χ2v) is 9.90. The van der Waals surface area contributed by atoms with Crippen LogP contribution in [0.15, 0.2) is 67.1 Å². The van der Waals surface area contributed by atoms with Gasteiger partial charge in [-0.2, -0.15) is 5.10 Å². The van der Waals surface area contributed by atoms with Gasteiger partial charge in [0.05, 0.1) is 17.3 Å². The summed E-state index contributed by atoms with van der Waals surface area (Å²) in [5.74, 6) is 0.444. The number of hydrogen-bond acceptors (Lipinski definition) is 4. The molecule has 0 unspecified atom stereocenters. The Bertz CT molecular complexity index is 1470. The second kappa shape index (κ2) is 9.07. The van der Waals surface area contributed by atoms with Crippen LogP contribution in [0.4, 0.5) is 4.39 Å². The summed E-state index contributed by atoms with van der Waals surface area (Å²) in [4.78, 5) is 12.3. The number of halogens is 1. The predicted octanol–water partition coefficient (Wildman–Crippen LogP) is 5.75. The molecule has 0 bridgehead atoms. The van der Waals surface area contributed by atoms with Gasteiger partial charge in [0.2, 0.25) is 0 Å². The number of benzene rings is 2. The van der Waals surface area contributed by atoms with Crippen LogP contribution in [0.25, 0.3) is 33.7 Å². The molecule has 2 aromatic carbocycles. The maximum Gasteiger partial charge on any atom is 0.178 e. The monoisotopic (exact) mass is 468 g/mol. The smallest absolute Gasteiger partial charge is 0.178 e. The number of aromatic amines is 1. The molecule has 2 N–H and O–H groups in total. The first-order valence-corrected chi connectivity index (χ1v) is 11.7. The second-order valence-electron chi connectivity index (χ2n) is 9.90. The molecule has 0 atom stereocenters. The Kier molecular flexibility index (Phi) is 5.94. The van der Waals surface area contributed by atoms with Gasteiger partial charge < -0.3 is 10.3 Å². The molecule has 5 aromatic rings. The summed E-state index contributed by atoms with van der Waals surface area (Å²) >= 11 is 0. The standard InChI is InChI=1S/C28H29FN6/c1-28(2,3)22-9-5-18(6-10-22)14-30-15-20-8-7-19(13-24(20)29)23-11-12-31-27-25(23)33-26(34-27)21-16-32-35(4)17-21/h5-13,16-17,30H,14-15H2,1-4H3,(H,31,33,34). The van der Waals surface area contributed by atoms with Crippen molar-refractivity contribution in [2.75, 3.05) is 0 Å². The molecule has 0 aliphatic rings. The third-order valence-electron chi connectivity index (χ3n) is 6.20. The van der Waals surface area contributed by atoms with Crippen LogP contribution in [0.5, 0.6) is 0 Å². The first-order valence-electron chi connectivity index (χ1n) is 11.7. The van der Waals surface area contributed by atoms with E-state index in [1.807, 2.05) is 31.4 Å². The molecule has 178 valence electrons. The van der Waals surface area contributed by atoms with Crippen LogP contribution >= 0.6 is 0 Å². The van der Waals surface area contributed by atoms with Crippen LogP contribution in [-0.2, 0) is 25.6 Å². The molecule has 3 heterocycles. The van der Waals surface area contributed by atoms with Gasteiger partial charge >= 0.3 is 0 Å². The molecular formula is C28H29FN6. The molecular weight excluding hydrogens is 439 g/mol. The van der Waals surface area contributed by atoms with E-state index in [0.717, 1.165) is 22.2 Å². The molecule has 0 saturated carbocycles. The quantitative estimate of drug-likeness (QED) is 0.333. The van der Waals surface area contributed by atoms with Gasteiger partial charge in [-0.25, -0.2) is 14.4 Å². The first kappa shape index (κ1) is 22.9. The number of hydrogen-bond donors (Lipinski definition) is 2. The van der Waals surface area contributed by atoms with Crippen molar-refractivity contribution in [1.82, 2.24) is 30.0 Å². The average Bonchev–Trinajstić information content (AvgIpc) is 3.46. The Balaban J connectivity index is 1.31. The van der Waals surface area contributed by atoms with Gasteiger partial charge in [-0.15, -0.1) is 0 Å². The molecule has 0 amide bonds. The van der Waals surface area contributed by atoms with Crippen molar-refractivity contribution in [3.05, 3.63) is 89.6 Å². The van der Waals surface area contributed by atoms with E-state index >= 15 is 4.39 Å². The van der Waals surface area contributed by atoms with Crippen LogP contribution < -0.4 is 5.32 Å². The zero-order chi connectivity index (χ0) is 24.6. The summed E-state index contributed by atoms with van der Waals surface area (Å²) in [7, 11) is 1.86. The van der Waals surface area contributed by atoms with Crippen molar-refractivity contribution >= 4 is 11.2 Å². The number of imidazole rings is 1. The van der Waals surface area contributed by atoms with Gasteiger partial charge in [-0.3, -0.25) is 4.68 Å². The predicted molar refractivity (Wildman–Crippen MR) is 137 cm³/mol. The number of rotatable bonds is 6. The van der Waals surface area contributed by atoms with Crippen molar-refractivity contribution in [3.63, 3.8) is 0 Å². The van der Waals surface area contributed by atoms with Crippen LogP contribution in [0.3, 0.4) is 0 Å². The van der Waals surface area contributed by atoms with Gasteiger partial charge in [0.25, 0.3) is 0 Å². The summed E-state index contributed by atoms with van der Waals surface area (Å²) in [6.45, 7) is 7.75. The Morgan fingerprint density at radius 3 is 2.49 bits per heavy atom. The van der Waals surface area contributed by atoms with E-state index in [0.29, 0.717) is 30.1 Å². The molecule has 0 fully saturated rings. The Labute approximate surface area is 204 Å². The molecule has 0 radical (unpaired) electrons. The fraction of sp³-hybridized carbons (Fsp3) is 0.250. The maximum absolute atomic E-state index is 15.0. The lowest BCUT2D eigenvalue weighted by Gasteiger charge is -2.19. The average molecular weight is 469 g/mol. The topological polar surface area (TPSA) is 71.4 Å². The fourth-order valence-electron chi connectivity index (χ4n) is 4.15. The molecule has 7 heteroatoms. The molecule has 5 rings (SSSR count). The number of nitrogens with one attached hydrogen (secondary N) is 2. The molecule has 0 aliphatic carbocycles. The summed E-state index contributed by atoms with van der Waals surface area (Å²) < 4.78 is 16.7. The van der Waals surface area contributed by atoms with Crippen molar-refractivity contribution in [1.29, 1.82) is 0 Å². The largest absolute Gasteiger partial charge is 0.336 e. The Morgan fingerprint density at radius 2 is 1.80 bits per heavy atom. The van der Waals surface area contributed by atoms with Gasteiger partial charge in [0, 0.05) is 43.7 Å². The van der Waals surface area contributed by atoms with Crippen molar-refractivity contribution in [2.45, 2.75) is 39.3 Å². The van der Waals surface area contributed by atoms with Crippen molar-refractivity contribution in [3.8, 4) is 22.5 Å². The maximum atomic E-state index is 15.0. The molecule has 6 nitrogen and oxygen atoms in total. The van der Waals surface area contributed by atoms with E-state index in [-0.39, 0.29) is 11.2 Å². The lowest BCUT2D eigenvalue weighted by Crippen LogP contribution is -2.15.